The number of thiophene rings is 1. The monoisotopic (exact) mass is 226 g/mol. The number of carbonyl (C=O) groups is 1. The lowest BCUT2D eigenvalue weighted by molar-refractivity contribution is -0.120. The number of unbranched alkanes of at least 4 members (excludes halogenated alkanes) is 1. The molecule has 3 nitrogen and oxygen atoms in total. The van der Waals surface area contributed by atoms with Gasteiger partial charge in [0.25, 0.3) is 0 Å². The third-order valence-corrected chi connectivity index (χ3v) is 2.89. The van der Waals surface area contributed by atoms with Gasteiger partial charge in [0.05, 0.1) is 6.54 Å². The van der Waals surface area contributed by atoms with Gasteiger partial charge in [0.2, 0.25) is 5.91 Å². The van der Waals surface area contributed by atoms with Crippen molar-refractivity contribution >= 4 is 17.2 Å². The van der Waals surface area contributed by atoms with Gasteiger partial charge in [-0.15, -0.1) is 11.3 Å². The van der Waals surface area contributed by atoms with Gasteiger partial charge in [-0.2, -0.15) is 0 Å². The molecule has 1 aromatic rings. The van der Waals surface area contributed by atoms with E-state index in [1.807, 2.05) is 11.4 Å². The Bertz CT molecular complexity index is 272. The molecule has 0 radical (unpaired) electrons. The third kappa shape index (κ3) is 5.54. The zero-order valence-electron chi connectivity index (χ0n) is 9.08. The van der Waals surface area contributed by atoms with Gasteiger partial charge in [0, 0.05) is 18.0 Å². The molecule has 1 amide bonds. The van der Waals surface area contributed by atoms with E-state index in [2.05, 4.69) is 23.6 Å². The van der Waals surface area contributed by atoms with E-state index < -0.39 is 0 Å². The molecule has 0 fully saturated rings. The summed E-state index contributed by atoms with van der Waals surface area (Å²) in [5.41, 5.74) is 0. The van der Waals surface area contributed by atoms with Crippen molar-refractivity contribution in [3.8, 4) is 0 Å². The molecular weight excluding hydrogens is 208 g/mol. The highest BCUT2D eigenvalue weighted by Crippen LogP contribution is 2.06. The highest BCUT2D eigenvalue weighted by molar-refractivity contribution is 7.09. The Kier molecular flexibility index (Phi) is 6.04. The minimum absolute atomic E-state index is 0.0833. The molecule has 0 aliphatic heterocycles. The molecule has 4 heteroatoms. The normalized spacial score (nSPS) is 10.2. The predicted molar refractivity (Wildman–Crippen MR) is 63.9 cm³/mol. The summed E-state index contributed by atoms with van der Waals surface area (Å²) >= 11 is 1.70. The minimum Gasteiger partial charge on any atom is -0.355 e. The van der Waals surface area contributed by atoms with Crippen LogP contribution in [0.25, 0.3) is 0 Å². The van der Waals surface area contributed by atoms with Gasteiger partial charge in [0.15, 0.2) is 0 Å². The van der Waals surface area contributed by atoms with Gasteiger partial charge in [-0.1, -0.05) is 19.4 Å². The van der Waals surface area contributed by atoms with Gasteiger partial charge >= 0.3 is 0 Å². The van der Waals surface area contributed by atoms with Gasteiger partial charge < -0.3 is 10.6 Å². The van der Waals surface area contributed by atoms with Crippen molar-refractivity contribution in [3.63, 3.8) is 0 Å². The smallest absolute Gasteiger partial charge is 0.233 e. The molecule has 0 bridgehead atoms. The molecular formula is C11H18N2OS. The Balaban J connectivity index is 2.02. The topological polar surface area (TPSA) is 41.1 Å². The molecule has 0 atom stereocenters. The van der Waals surface area contributed by atoms with Crippen molar-refractivity contribution in [2.24, 2.45) is 0 Å². The quantitative estimate of drug-likeness (QED) is 0.696. The zero-order valence-corrected chi connectivity index (χ0v) is 9.90. The molecule has 1 aromatic heterocycles. The van der Waals surface area contributed by atoms with Crippen LogP contribution in [0, 0.1) is 0 Å². The first kappa shape index (κ1) is 12.2. The van der Waals surface area contributed by atoms with Crippen molar-refractivity contribution in [1.29, 1.82) is 0 Å². The van der Waals surface area contributed by atoms with Crippen LogP contribution in [0.5, 0.6) is 0 Å². The molecule has 0 aromatic carbocycles. The lowest BCUT2D eigenvalue weighted by Gasteiger charge is -2.04. The van der Waals surface area contributed by atoms with Crippen LogP contribution in [-0.2, 0) is 11.3 Å². The molecule has 84 valence electrons. The largest absolute Gasteiger partial charge is 0.355 e. The summed E-state index contributed by atoms with van der Waals surface area (Å²) in [7, 11) is 0. The first-order valence-electron chi connectivity index (χ1n) is 5.32. The number of carbonyl (C=O) groups excluding carboxylic acids is 1. The van der Waals surface area contributed by atoms with Crippen LogP contribution in [0.1, 0.15) is 24.6 Å². The maximum atomic E-state index is 11.3. The number of hydrogen-bond acceptors (Lipinski definition) is 3. The summed E-state index contributed by atoms with van der Waals surface area (Å²) in [5, 5.41) is 8.02. The van der Waals surface area contributed by atoms with Crippen LogP contribution in [0.15, 0.2) is 17.5 Å². The van der Waals surface area contributed by atoms with E-state index in [0.717, 1.165) is 25.9 Å². The zero-order chi connectivity index (χ0) is 10.9. The highest BCUT2D eigenvalue weighted by atomic mass is 32.1. The van der Waals surface area contributed by atoms with Crippen LogP contribution < -0.4 is 10.6 Å². The Morgan fingerprint density at radius 2 is 2.40 bits per heavy atom. The number of amides is 1. The molecule has 0 saturated heterocycles. The second-order valence-corrected chi connectivity index (χ2v) is 4.42. The van der Waals surface area contributed by atoms with Crippen LogP contribution >= 0.6 is 11.3 Å². The average Bonchev–Trinajstić information content (AvgIpc) is 2.71. The molecule has 2 N–H and O–H groups in total. The molecule has 1 rings (SSSR count). The molecule has 0 spiro atoms. The average molecular weight is 226 g/mol. The Morgan fingerprint density at radius 3 is 3.07 bits per heavy atom. The van der Waals surface area contributed by atoms with Crippen LogP contribution in [0.3, 0.4) is 0 Å². The lowest BCUT2D eigenvalue weighted by atomic mass is 10.3. The van der Waals surface area contributed by atoms with E-state index >= 15 is 0 Å². The first-order chi connectivity index (χ1) is 7.33. The maximum absolute atomic E-state index is 11.3. The van der Waals surface area contributed by atoms with Gasteiger partial charge in [-0.3, -0.25) is 4.79 Å². The van der Waals surface area contributed by atoms with E-state index in [0.29, 0.717) is 6.54 Å². The fourth-order valence-electron chi connectivity index (χ4n) is 1.18. The van der Waals surface area contributed by atoms with Crippen molar-refractivity contribution < 1.29 is 4.79 Å². The molecule has 0 unspecified atom stereocenters. The fourth-order valence-corrected chi connectivity index (χ4v) is 1.85. The molecule has 15 heavy (non-hydrogen) atoms. The maximum Gasteiger partial charge on any atom is 0.233 e. The van der Waals surface area contributed by atoms with Crippen LogP contribution in [0.4, 0.5) is 0 Å². The Morgan fingerprint density at radius 1 is 1.53 bits per heavy atom. The van der Waals surface area contributed by atoms with Crippen molar-refractivity contribution in [2.75, 3.05) is 13.1 Å². The first-order valence-corrected chi connectivity index (χ1v) is 6.20. The summed E-state index contributed by atoms with van der Waals surface area (Å²) in [6, 6.07) is 4.08. The van der Waals surface area contributed by atoms with E-state index in [1.54, 1.807) is 11.3 Å². The Labute approximate surface area is 94.9 Å². The van der Waals surface area contributed by atoms with E-state index in [-0.39, 0.29) is 5.91 Å². The SMILES string of the molecule is CCCCNC(=O)CNCc1cccs1. The van der Waals surface area contributed by atoms with Gasteiger partial charge in [-0.25, -0.2) is 0 Å². The van der Waals surface area contributed by atoms with Crippen molar-refractivity contribution in [2.45, 2.75) is 26.3 Å². The standard InChI is InChI=1S/C11H18N2OS/c1-2-3-6-13-11(14)9-12-8-10-5-4-7-15-10/h4-5,7,12H,2-3,6,8-9H2,1H3,(H,13,14). The second kappa shape index (κ2) is 7.43. The summed E-state index contributed by atoms with van der Waals surface area (Å²) in [6.45, 7) is 4.08. The molecule has 0 aliphatic rings. The van der Waals surface area contributed by atoms with Gasteiger partial charge in [-0.05, 0) is 17.9 Å². The Hall–Kier alpha value is -0.870. The fraction of sp³-hybridized carbons (Fsp3) is 0.545. The van der Waals surface area contributed by atoms with E-state index in [9.17, 15) is 4.79 Å². The highest BCUT2D eigenvalue weighted by Gasteiger charge is 1.99. The van der Waals surface area contributed by atoms with E-state index in [1.165, 1.54) is 4.88 Å². The summed E-state index contributed by atoms with van der Waals surface area (Å²) in [5.74, 6) is 0.0833. The second-order valence-electron chi connectivity index (χ2n) is 3.39. The van der Waals surface area contributed by atoms with Crippen LogP contribution in [0.2, 0.25) is 0 Å². The lowest BCUT2D eigenvalue weighted by Crippen LogP contribution is -2.33. The number of nitrogens with one attached hydrogen (secondary N) is 2. The van der Waals surface area contributed by atoms with Gasteiger partial charge in [0.1, 0.15) is 0 Å². The molecule has 1 heterocycles. The minimum atomic E-state index is 0.0833. The summed E-state index contributed by atoms with van der Waals surface area (Å²) < 4.78 is 0. The van der Waals surface area contributed by atoms with Crippen LogP contribution in [-0.4, -0.2) is 19.0 Å². The summed E-state index contributed by atoms with van der Waals surface area (Å²) in [4.78, 5) is 12.5. The number of hydrogen-bond donors (Lipinski definition) is 2. The molecule has 0 saturated carbocycles. The number of rotatable bonds is 7. The third-order valence-electron chi connectivity index (χ3n) is 2.02. The van der Waals surface area contributed by atoms with Crippen molar-refractivity contribution in [1.82, 2.24) is 10.6 Å². The van der Waals surface area contributed by atoms with E-state index in [4.69, 9.17) is 0 Å². The molecule has 0 aliphatic carbocycles. The summed E-state index contributed by atoms with van der Waals surface area (Å²) in [6.07, 6.45) is 2.17. The van der Waals surface area contributed by atoms with Crippen molar-refractivity contribution in [3.05, 3.63) is 22.4 Å². The predicted octanol–water partition coefficient (Wildman–Crippen LogP) is 1.75.